The molecule has 0 aliphatic rings. The normalized spacial score (nSPS) is 10.3. The Morgan fingerprint density at radius 2 is 1.86 bits per heavy atom. The van der Waals surface area contributed by atoms with E-state index in [9.17, 15) is 5.26 Å². The van der Waals surface area contributed by atoms with E-state index in [2.05, 4.69) is 16.4 Å². The summed E-state index contributed by atoms with van der Waals surface area (Å²) in [6.07, 6.45) is 0. The molecule has 0 aliphatic carbocycles. The van der Waals surface area contributed by atoms with E-state index < -0.39 is 0 Å². The molecule has 1 heterocycles. The van der Waals surface area contributed by atoms with Crippen molar-refractivity contribution in [2.24, 2.45) is 0 Å². The first-order valence-electron chi connectivity index (χ1n) is 6.55. The number of nitrogens with one attached hydrogen (secondary N) is 1. The lowest BCUT2D eigenvalue weighted by Gasteiger charge is -2.09. The maximum atomic E-state index is 9.26. The van der Waals surface area contributed by atoms with Crippen LogP contribution in [-0.2, 0) is 6.54 Å². The zero-order chi connectivity index (χ0) is 14.7. The topological polar surface area (TPSA) is 48.7 Å². The molecule has 3 aromatic rings. The molecule has 0 amide bonds. The van der Waals surface area contributed by atoms with Gasteiger partial charge >= 0.3 is 0 Å². The molecule has 2 aromatic carbocycles. The van der Waals surface area contributed by atoms with Crippen molar-refractivity contribution in [2.75, 3.05) is 5.32 Å². The standard InChI is InChI=1S/C17H12ClN3/c18-15-7-3-1-5-12(15)11-20-17-9-13(10-19)14-6-2-4-8-16(14)21-17/h1-9H,11H2,(H,20,21). The second-order valence-electron chi connectivity index (χ2n) is 4.63. The number of hydrogen-bond acceptors (Lipinski definition) is 3. The number of hydrogen-bond donors (Lipinski definition) is 1. The first-order valence-corrected chi connectivity index (χ1v) is 6.93. The van der Waals surface area contributed by atoms with Crippen LogP contribution in [0.15, 0.2) is 54.6 Å². The van der Waals surface area contributed by atoms with E-state index in [1.807, 2.05) is 48.5 Å². The molecule has 3 nitrogen and oxygen atoms in total. The van der Waals surface area contributed by atoms with Gasteiger partial charge in [-0.15, -0.1) is 0 Å². The molecule has 0 unspecified atom stereocenters. The second kappa shape index (κ2) is 5.82. The van der Waals surface area contributed by atoms with E-state index in [4.69, 9.17) is 11.6 Å². The number of para-hydroxylation sites is 1. The molecule has 0 fully saturated rings. The van der Waals surface area contributed by atoms with Crippen LogP contribution < -0.4 is 5.32 Å². The summed E-state index contributed by atoms with van der Waals surface area (Å²) >= 11 is 6.13. The molecule has 102 valence electrons. The van der Waals surface area contributed by atoms with Gasteiger partial charge in [0, 0.05) is 17.0 Å². The molecular formula is C17H12ClN3. The average molecular weight is 294 g/mol. The molecule has 3 rings (SSSR count). The Labute approximate surface area is 127 Å². The third-order valence-corrected chi connectivity index (χ3v) is 3.62. The minimum Gasteiger partial charge on any atom is -0.366 e. The van der Waals surface area contributed by atoms with E-state index in [0.29, 0.717) is 22.9 Å². The predicted octanol–water partition coefficient (Wildman–Crippen LogP) is 4.37. The fraction of sp³-hybridized carbons (Fsp3) is 0.0588. The molecule has 0 atom stereocenters. The summed E-state index contributed by atoms with van der Waals surface area (Å²) in [6, 6.07) is 19.2. The molecule has 0 spiro atoms. The van der Waals surface area contributed by atoms with Crippen LogP contribution >= 0.6 is 11.6 Å². The maximum Gasteiger partial charge on any atom is 0.128 e. The lowest BCUT2D eigenvalue weighted by Crippen LogP contribution is -2.02. The molecule has 4 heteroatoms. The van der Waals surface area contributed by atoms with Gasteiger partial charge in [0.1, 0.15) is 5.82 Å². The number of anilines is 1. The number of benzene rings is 2. The van der Waals surface area contributed by atoms with Gasteiger partial charge < -0.3 is 5.32 Å². The Morgan fingerprint density at radius 1 is 1.10 bits per heavy atom. The smallest absolute Gasteiger partial charge is 0.128 e. The zero-order valence-corrected chi connectivity index (χ0v) is 11.9. The molecule has 0 saturated heterocycles. The van der Waals surface area contributed by atoms with Crippen molar-refractivity contribution in [2.45, 2.75) is 6.54 Å². The molecule has 0 aliphatic heterocycles. The summed E-state index contributed by atoms with van der Waals surface area (Å²) in [7, 11) is 0. The zero-order valence-electron chi connectivity index (χ0n) is 11.2. The van der Waals surface area contributed by atoms with Gasteiger partial charge in [-0.1, -0.05) is 48.0 Å². The molecule has 0 saturated carbocycles. The van der Waals surface area contributed by atoms with Crippen molar-refractivity contribution >= 4 is 28.3 Å². The van der Waals surface area contributed by atoms with Crippen molar-refractivity contribution in [3.05, 3.63) is 70.7 Å². The molecule has 0 radical (unpaired) electrons. The van der Waals surface area contributed by atoms with Gasteiger partial charge in [0.2, 0.25) is 0 Å². The highest BCUT2D eigenvalue weighted by atomic mass is 35.5. The minimum absolute atomic E-state index is 0.565. The van der Waals surface area contributed by atoms with Crippen LogP contribution in [0.3, 0.4) is 0 Å². The second-order valence-corrected chi connectivity index (χ2v) is 5.04. The molecule has 1 N–H and O–H groups in total. The van der Waals surface area contributed by atoms with Crippen molar-refractivity contribution in [1.82, 2.24) is 4.98 Å². The van der Waals surface area contributed by atoms with Gasteiger partial charge in [0.25, 0.3) is 0 Å². The van der Waals surface area contributed by atoms with Gasteiger partial charge in [-0.3, -0.25) is 0 Å². The van der Waals surface area contributed by atoms with Gasteiger partial charge in [0.15, 0.2) is 0 Å². The van der Waals surface area contributed by atoms with E-state index in [1.54, 1.807) is 6.07 Å². The molecule has 21 heavy (non-hydrogen) atoms. The Bertz CT molecular complexity index is 837. The summed E-state index contributed by atoms with van der Waals surface area (Å²) in [5.74, 6) is 0.671. The Hall–Kier alpha value is -2.57. The summed E-state index contributed by atoms with van der Waals surface area (Å²) in [6.45, 7) is 0.565. The van der Waals surface area contributed by atoms with Crippen LogP contribution in [-0.4, -0.2) is 4.98 Å². The van der Waals surface area contributed by atoms with Crippen molar-refractivity contribution < 1.29 is 0 Å². The molecule has 1 aromatic heterocycles. The highest BCUT2D eigenvalue weighted by Crippen LogP contribution is 2.21. The fourth-order valence-corrected chi connectivity index (χ4v) is 2.39. The van der Waals surface area contributed by atoms with Crippen LogP contribution in [0.5, 0.6) is 0 Å². The summed E-state index contributed by atoms with van der Waals surface area (Å²) in [5.41, 5.74) is 2.41. The number of rotatable bonds is 3. The quantitative estimate of drug-likeness (QED) is 0.780. The summed E-state index contributed by atoms with van der Waals surface area (Å²) in [5, 5.41) is 14.1. The van der Waals surface area contributed by atoms with E-state index >= 15 is 0 Å². The SMILES string of the molecule is N#Cc1cc(NCc2ccccc2Cl)nc2ccccc12. The van der Waals surface area contributed by atoms with Gasteiger partial charge in [-0.05, 0) is 23.8 Å². The van der Waals surface area contributed by atoms with Crippen molar-refractivity contribution in [3.8, 4) is 6.07 Å². The van der Waals surface area contributed by atoms with Crippen LogP contribution in [0.2, 0.25) is 5.02 Å². The third-order valence-electron chi connectivity index (χ3n) is 3.25. The average Bonchev–Trinajstić information content (AvgIpc) is 2.53. The predicted molar refractivity (Wildman–Crippen MR) is 85.2 cm³/mol. The lowest BCUT2D eigenvalue weighted by atomic mass is 10.1. The fourth-order valence-electron chi connectivity index (χ4n) is 2.19. The molecular weight excluding hydrogens is 282 g/mol. The number of pyridine rings is 1. The Morgan fingerprint density at radius 3 is 2.67 bits per heavy atom. The van der Waals surface area contributed by atoms with Gasteiger partial charge in [-0.2, -0.15) is 5.26 Å². The van der Waals surface area contributed by atoms with Crippen molar-refractivity contribution in [3.63, 3.8) is 0 Å². The number of halogens is 1. The first kappa shape index (κ1) is 13.4. The van der Waals surface area contributed by atoms with Crippen LogP contribution in [0.25, 0.3) is 10.9 Å². The van der Waals surface area contributed by atoms with Crippen LogP contribution in [0.4, 0.5) is 5.82 Å². The Kier molecular flexibility index (Phi) is 3.72. The van der Waals surface area contributed by atoms with Gasteiger partial charge in [0.05, 0.1) is 17.1 Å². The highest BCUT2D eigenvalue weighted by molar-refractivity contribution is 6.31. The third kappa shape index (κ3) is 2.81. The monoisotopic (exact) mass is 293 g/mol. The summed E-state index contributed by atoms with van der Waals surface area (Å²) < 4.78 is 0. The first-order chi connectivity index (χ1) is 10.3. The lowest BCUT2D eigenvalue weighted by molar-refractivity contribution is 1.12. The minimum atomic E-state index is 0.565. The van der Waals surface area contributed by atoms with Crippen LogP contribution in [0.1, 0.15) is 11.1 Å². The number of nitrogens with zero attached hydrogens (tertiary/aromatic N) is 2. The maximum absolute atomic E-state index is 9.26. The van der Waals surface area contributed by atoms with E-state index in [1.165, 1.54) is 0 Å². The van der Waals surface area contributed by atoms with E-state index in [0.717, 1.165) is 16.5 Å². The Balaban J connectivity index is 1.91. The largest absolute Gasteiger partial charge is 0.366 e. The van der Waals surface area contributed by atoms with Crippen LogP contribution in [0, 0.1) is 11.3 Å². The molecule has 0 bridgehead atoms. The van der Waals surface area contributed by atoms with Gasteiger partial charge in [-0.25, -0.2) is 4.98 Å². The van der Waals surface area contributed by atoms with E-state index in [-0.39, 0.29) is 0 Å². The highest BCUT2D eigenvalue weighted by Gasteiger charge is 2.05. The number of fused-ring (bicyclic) bond motifs is 1. The van der Waals surface area contributed by atoms with Crippen molar-refractivity contribution in [1.29, 1.82) is 5.26 Å². The number of aromatic nitrogens is 1. The summed E-state index contributed by atoms with van der Waals surface area (Å²) in [4.78, 5) is 4.52. The number of nitriles is 1.